The number of nitro benzene ring substituents is 1. The largest absolute Gasteiger partial charge is 0.493 e. The van der Waals surface area contributed by atoms with E-state index in [0.717, 1.165) is 31.4 Å². The molecule has 0 aliphatic heterocycles. The number of fused-ring (bicyclic) bond motifs is 1. The fourth-order valence-corrected chi connectivity index (χ4v) is 2.38. The second-order valence-electron chi connectivity index (χ2n) is 4.73. The molecule has 0 spiro atoms. The number of hydrogen-bond donors (Lipinski definition) is 1. The van der Waals surface area contributed by atoms with Crippen LogP contribution in [0, 0.1) is 10.1 Å². The van der Waals surface area contributed by atoms with Crippen LogP contribution in [0.4, 0.5) is 5.69 Å². The van der Waals surface area contributed by atoms with Gasteiger partial charge in [-0.1, -0.05) is 12.8 Å². The Morgan fingerprint density at radius 3 is 2.76 bits per heavy atom. The van der Waals surface area contributed by atoms with Gasteiger partial charge in [0.15, 0.2) is 5.52 Å². The Balaban J connectivity index is 2.07. The van der Waals surface area contributed by atoms with E-state index in [4.69, 9.17) is 4.74 Å². The zero-order valence-electron chi connectivity index (χ0n) is 11.7. The summed E-state index contributed by atoms with van der Waals surface area (Å²) < 4.78 is 5.75. The Morgan fingerprint density at radius 2 is 2.00 bits per heavy atom. The molecule has 0 aliphatic rings. The van der Waals surface area contributed by atoms with Crippen LogP contribution < -0.4 is 4.74 Å². The van der Waals surface area contributed by atoms with Crippen LogP contribution in [0.5, 0.6) is 5.75 Å². The third-order valence-corrected chi connectivity index (χ3v) is 3.53. The van der Waals surface area contributed by atoms with Gasteiger partial charge < -0.3 is 4.74 Å². The number of aromatic nitrogens is 1. The van der Waals surface area contributed by atoms with Gasteiger partial charge in [-0.2, -0.15) is 12.6 Å². The highest BCUT2D eigenvalue weighted by Gasteiger charge is 2.15. The lowest BCUT2D eigenvalue weighted by Gasteiger charge is -2.09. The minimum absolute atomic E-state index is 0.00623. The van der Waals surface area contributed by atoms with Gasteiger partial charge in [-0.25, -0.2) is 4.98 Å². The van der Waals surface area contributed by atoms with Crippen molar-refractivity contribution in [2.75, 3.05) is 12.4 Å². The molecule has 0 saturated carbocycles. The smallest absolute Gasteiger partial charge is 0.295 e. The zero-order valence-corrected chi connectivity index (χ0v) is 12.6. The molecule has 2 rings (SSSR count). The lowest BCUT2D eigenvalue weighted by Crippen LogP contribution is -1.99. The van der Waals surface area contributed by atoms with E-state index in [0.29, 0.717) is 23.3 Å². The average molecular weight is 306 g/mol. The van der Waals surface area contributed by atoms with Crippen molar-refractivity contribution in [1.29, 1.82) is 0 Å². The summed E-state index contributed by atoms with van der Waals surface area (Å²) >= 11 is 4.18. The number of unbranched alkanes of at least 4 members (excludes halogenated alkanes) is 3. The first-order chi connectivity index (χ1) is 10.2. The van der Waals surface area contributed by atoms with Crippen molar-refractivity contribution in [1.82, 2.24) is 4.98 Å². The maximum absolute atomic E-state index is 11.0. The number of thiol groups is 1. The van der Waals surface area contributed by atoms with E-state index in [1.165, 1.54) is 6.07 Å². The molecule has 0 bridgehead atoms. The quantitative estimate of drug-likeness (QED) is 0.346. The Labute approximate surface area is 128 Å². The molecule has 0 saturated heterocycles. The molecule has 1 heterocycles. The molecule has 112 valence electrons. The van der Waals surface area contributed by atoms with Crippen LogP contribution in [0.25, 0.3) is 10.9 Å². The van der Waals surface area contributed by atoms with Crippen molar-refractivity contribution in [3.05, 3.63) is 40.6 Å². The van der Waals surface area contributed by atoms with Crippen LogP contribution in [0.1, 0.15) is 25.7 Å². The standard InChI is InChI=1S/C15H18N2O3S/c18-17(19)13-7-8-14(12-6-5-9-16-15(12)13)20-10-3-1-2-4-11-21/h5-9,21H,1-4,10-11H2. The van der Waals surface area contributed by atoms with E-state index in [1.807, 2.05) is 0 Å². The number of hydrogen-bond acceptors (Lipinski definition) is 5. The van der Waals surface area contributed by atoms with Crippen molar-refractivity contribution in [2.24, 2.45) is 0 Å². The molecule has 0 radical (unpaired) electrons. The van der Waals surface area contributed by atoms with Crippen LogP contribution in [0.15, 0.2) is 30.5 Å². The number of rotatable bonds is 8. The van der Waals surface area contributed by atoms with E-state index in [9.17, 15) is 10.1 Å². The monoisotopic (exact) mass is 306 g/mol. The van der Waals surface area contributed by atoms with Crippen LogP contribution in [-0.2, 0) is 0 Å². The molecule has 0 fully saturated rings. The first-order valence-electron chi connectivity index (χ1n) is 7.00. The molecule has 1 aromatic heterocycles. The van der Waals surface area contributed by atoms with E-state index >= 15 is 0 Å². The second kappa shape index (κ2) is 7.83. The topological polar surface area (TPSA) is 65.3 Å². The molecule has 0 N–H and O–H groups in total. The third-order valence-electron chi connectivity index (χ3n) is 3.22. The first-order valence-corrected chi connectivity index (χ1v) is 7.63. The fraction of sp³-hybridized carbons (Fsp3) is 0.400. The Hall–Kier alpha value is -1.82. The molecular formula is C15H18N2O3S. The Kier molecular flexibility index (Phi) is 5.80. The molecule has 0 unspecified atom stereocenters. The molecule has 21 heavy (non-hydrogen) atoms. The number of nitro groups is 1. The molecule has 1 aromatic carbocycles. The summed E-state index contributed by atoms with van der Waals surface area (Å²) in [4.78, 5) is 14.7. The van der Waals surface area contributed by atoms with Gasteiger partial charge in [0, 0.05) is 17.6 Å². The second-order valence-corrected chi connectivity index (χ2v) is 5.17. The third kappa shape index (κ3) is 4.07. The predicted molar refractivity (Wildman–Crippen MR) is 86.2 cm³/mol. The van der Waals surface area contributed by atoms with Gasteiger partial charge in [0.1, 0.15) is 5.75 Å². The highest BCUT2D eigenvalue weighted by molar-refractivity contribution is 7.80. The molecule has 0 aliphatic carbocycles. The van der Waals surface area contributed by atoms with E-state index < -0.39 is 4.92 Å². The minimum Gasteiger partial charge on any atom is -0.493 e. The first kappa shape index (κ1) is 15.6. The van der Waals surface area contributed by atoms with Gasteiger partial charge >= 0.3 is 0 Å². The minimum atomic E-state index is -0.420. The number of non-ortho nitro benzene ring substituents is 1. The highest BCUT2D eigenvalue weighted by atomic mass is 32.1. The Morgan fingerprint density at radius 1 is 1.19 bits per heavy atom. The molecular weight excluding hydrogens is 288 g/mol. The summed E-state index contributed by atoms with van der Waals surface area (Å²) in [5, 5.41) is 11.7. The lowest BCUT2D eigenvalue weighted by molar-refractivity contribution is -0.383. The van der Waals surface area contributed by atoms with Crippen LogP contribution in [0.3, 0.4) is 0 Å². The van der Waals surface area contributed by atoms with Gasteiger partial charge in [-0.05, 0) is 36.8 Å². The van der Waals surface area contributed by atoms with Crippen molar-refractivity contribution in [3.63, 3.8) is 0 Å². The SMILES string of the molecule is O=[N+]([O-])c1ccc(OCCCCCCS)c2cccnc12. The predicted octanol–water partition coefficient (Wildman–Crippen LogP) is 4.01. The van der Waals surface area contributed by atoms with Crippen LogP contribution in [-0.4, -0.2) is 22.3 Å². The summed E-state index contributed by atoms with van der Waals surface area (Å²) in [5.74, 6) is 1.57. The van der Waals surface area contributed by atoms with Gasteiger partial charge in [-0.15, -0.1) is 0 Å². The lowest BCUT2D eigenvalue weighted by atomic mass is 10.1. The van der Waals surface area contributed by atoms with Gasteiger partial charge in [0.2, 0.25) is 0 Å². The summed E-state index contributed by atoms with van der Waals surface area (Å²) in [6.45, 7) is 0.606. The Bertz CT molecular complexity index is 619. The van der Waals surface area contributed by atoms with Gasteiger partial charge in [-0.3, -0.25) is 10.1 Å². The molecule has 6 heteroatoms. The number of nitrogens with zero attached hydrogens (tertiary/aromatic N) is 2. The summed E-state index contributed by atoms with van der Waals surface area (Å²) in [7, 11) is 0. The number of ether oxygens (including phenoxy) is 1. The van der Waals surface area contributed by atoms with E-state index in [2.05, 4.69) is 17.6 Å². The molecule has 2 aromatic rings. The van der Waals surface area contributed by atoms with Crippen molar-refractivity contribution in [2.45, 2.75) is 25.7 Å². The normalized spacial score (nSPS) is 10.7. The van der Waals surface area contributed by atoms with Crippen LogP contribution in [0.2, 0.25) is 0 Å². The molecule has 5 nitrogen and oxygen atoms in total. The summed E-state index contributed by atoms with van der Waals surface area (Å²) in [6.07, 6.45) is 5.88. The maximum Gasteiger partial charge on any atom is 0.295 e. The van der Waals surface area contributed by atoms with Crippen molar-refractivity contribution in [3.8, 4) is 5.75 Å². The number of benzene rings is 1. The highest BCUT2D eigenvalue weighted by Crippen LogP contribution is 2.31. The molecule has 0 atom stereocenters. The summed E-state index contributed by atoms with van der Waals surface area (Å²) in [5.41, 5.74) is 0.377. The maximum atomic E-state index is 11.0. The van der Waals surface area contributed by atoms with E-state index in [1.54, 1.807) is 24.4 Å². The molecule has 0 amide bonds. The van der Waals surface area contributed by atoms with Crippen molar-refractivity contribution < 1.29 is 9.66 Å². The van der Waals surface area contributed by atoms with Gasteiger partial charge in [0.05, 0.1) is 11.5 Å². The van der Waals surface area contributed by atoms with Crippen LogP contribution >= 0.6 is 12.6 Å². The fourth-order valence-electron chi connectivity index (χ4n) is 2.15. The zero-order chi connectivity index (χ0) is 15.1. The summed E-state index contributed by atoms with van der Waals surface area (Å²) in [6, 6.07) is 6.65. The van der Waals surface area contributed by atoms with Crippen molar-refractivity contribution >= 4 is 29.2 Å². The number of pyridine rings is 1. The van der Waals surface area contributed by atoms with Gasteiger partial charge in [0.25, 0.3) is 5.69 Å². The van der Waals surface area contributed by atoms with E-state index in [-0.39, 0.29) is 5.69 Å². The average Bonchev–Trinajstić information content (AvgIpc) is 2.50.